The second-order valence-corrected chi connectivity index (χ2v) is 5.17. The number of nitrogens with zero attached hydrogens (tertiary/aromatic N) is 2. The molecule has 3 N–H and O–H groups in total. The van der Waals surface area contributed by atoms with Crippen molar-refractivity contribution in [3.05, 3.63) is 29.6 Å². The second kappa shape index (κ2) is 7.11. The zero-order chi connectivity index (χ0) is 13.5. The summed E-state index contributed by atoms with van der Waals surface area (Å²) in [6, 6.07) is 6.09. The molecule has 0 aliphatic carbocycles. The van der Waals surface area contributed by atoms with E-state index >= 15 is 0 Å². The van der Waals surface area contributed by atoms with E-state index in [4.69, 9.17) is 11.1 Å². The van der Waals surface area contributed by atoms with E-state index < -0.39 is 0 Å². The third-order valence-electron chi connectivity index (χ3n) is 2.65. The van der Waals surface area contributed by atoms with Crippen molar-refractivity contribution in [3.63, 3.8) is 0 Å². The van der Waals surface area contributed by atoms with Gasteiger partial charge < -0.3 is 5.73 Å². The van der Waals surface area contributed by atoms with Crippen LogP contribution in [-0.4, -0.2) is 28.8 Å². The molecule has 0 atom stereocenters. The predicted molar refractivity (Wildman–Crippen MR) is 75.6 cm³/mol. The van der Waals surface area contributed by atoms with Gasteiger partial charge in [-0.25, -0.2) is 0 Å². The number of aryl methyl sites for hydroxylation is 1. The molecule has 0 spiro atoms. The topological polar surface area (TPSA) is 66.0 Å². The number of aromatic nitrogens is 1. The van der Waals surface area contributed by atoms with Crippen LogP contribution in [0, 0.1) is 18.3 Å². The Bertz CT molecular complexity index is 387. The Labute approximate surface area is 110 Å². The van der Waals surface area contributed by atoms with Gasteiger partial charge in [0.25, 0.3) is 0 Å². The largest absolute Gasteiger partial charge is 0.388 e. The van der Waals surface area contributed by atoms with Gasteiger partial charge in [-0.2, -0.15) is 0 Å². The van der Waals surface area contributed by atoms with E-state index in [0.717, 1.165) is 31.0 Å². The molecule has 0 amide bonds. The number of hydrogen-bond donors (Lipinski definition) is 2. The lowest BCUT2D eigenvalue weighted by Crippen LogP contribution is -2.31. The van der Waals surface area contributed by atoms with Crippen LogP contribution in [-0.2, 0) is 6.54 Å². The van der Waals surface area contributed by atoms with Crippen molar-refractivity contribution in [1.29, 1.82) is 5.41 Å². The first-order valence-corrected chi connectivity index (χ1v) is 6.45. The van der Waals surface area contributed by atoms with Crippen LogP contribution in [0.3, 0.4) is 0 Å². The van der Waals surface area contributed by atoms with E-state index in [0.29, 0.717) is 12.3 Å². The molecule has 100 valence electrons. The summed E-state index contributed by atoms with van der Waals surface area (Å²) < 4.78 is 0. The van der Waals surface area contributed by atoms with Crippen molar-refractivity contribution in [2.75, 3.05) is 13.1 Å². The zero-order valence-corrected chi connectivity index (χ0v) is 11.6. The van der Waals surface area contributed by atoms with Crippen LogP contribution >= 0.6 is 0 Å². The molecular formula is C14H24N4. The standard InChI is InChI=1S/C14H24N4/c1-11(2)9-18(8-7-14(15)16)10-13-6-4-5-12(3)17-13/h4-6,11H,7-10H2,1-3H3,(H3,15,16). The Hall–Kier alpha value is -1.42. The monoisotopic (exact) mass is 248 g/mol. The van der Waals surface area contributed by atoms with Crippen LogP contribution in [0.5, 0.6) is 0 Å². The molecule has 1 rings (SSSR count). The van der Waals surface area contributed by atoms with Gasteiger partial charge >= 0.3 is 0 Å². The van der Waals surface area contributed by atoms with E-state index in [9.17, 15) is 0 Å². The molecular weight excluding hydrogens is 224 g/mol. The molecule has 0 aliphatic rings. The first-order valence-electron chi connectivity index (χ1n) is 6.45. The van der Waals surface area contributed by atoms with Gasteiger partial charge in [0.15, 0.2) is 0 Å². The number of pyridine rings is 1. The first-order chi connectivity index (χ1) is 8.47. The number of nitrogens with two attached hydrogens (primary N) is 1. The van der Waals surface area contributed by atoms with Gasteiger partial charge in [-0.3, -0.25) is 15.3 Å². The van der Waals surface area contributed by atoms with Gasteiger partial charge in [-0.15, -0.1) is 0 Å². The van der Waals surface area contributed by atoms with Crippen LogP contribution in [0.25, 0.3) is 0 Å². The molecule has 1 aromatic rings. The first kappa shape index (κ1) is 14.6. The van der Waals surface area contributed by atoms with Gasteiger partial charge in [-0.1, -0.05) is 19.9 Å². The van der Waals surface area contributed by atoms with Crippen LogP contribution < -0.4 is 5.73 Å². The highest BCUT2D eigenvalue weighted by atomic mass is 15.1. The van der Waals surface area contributed by atoms with E-state index in [2.05, 4.69) is 23.7 Å². The van der Waals surface area contributed by atoms with Crippen molar-refractivity contribution >= 4 is 5.84 Å². The lowest BCUT2D eigenvalue weighted by atomic mass is 10.2. The summed E-state index contributed by atoms with van der Waals surface area (Å²) in [6.45, 7) is 9.06. The summed E-state index contributed by atoms with van der Waals surface area (Å²) in [5.74, 6) is 0.850. The van der Waals surface area contributed by atoms with E-state index in [1.807, 2.05) is 25.1 Å². The van der Waals surface area contributed by atoms with Crippen LogP contribution in [0.2, 0.25) is 0 Å². The minimum Gasteiger partial charge on any atom is -0.388 e. The third-order valence-corrected chi connectivity index (χ3v) is 2.65. The van der Waals surface area contributed by atoms with Crippen molar-refractivity contribution in [2.24, 2.45) is 11.7 Å². The average Bonchev–Trinajstić information content (AvgIpc) is 2.25. The van der Waals surface area contributed by atoms with E-state index in [-0.39, 0.29) is 5.84 Å². The quantitative estimate of drug-likeness (QED) is 0.574. The summed E-state index contributed by atoms with van der Waals surface area (Å²) in [5, 5.41) is 7.32. The van der Waals surface area contributed by atoms with Crippen molar-refractivity contribution in [2.45, 2.75) is 33.7 Å². The Morgan fingerprint density at radius 1 is 1.44 bits per heavy atom. The minimum atomic E-state index is 0.251. The minimum absolute atomic E-state index is 0.251. The molecule has 0 aliphatic heterocycles. The van der Waals surface area contributed by atoms with Gasteiger partial charge in [0.05, 0.1) is 11.5 Å². The van der Waals surface area contributed by atoms with Crippen molar-refractivity contribution in [1.82, 2.24) is 9.88 Å². The van der Waals surface area contributed by atoms with Gasteiger partial charge in [-0.05, 0) is 25.0 Å². The maximum Gasteiger partial charge on any atom is 0.0918 e. The Balaban J connectivity index is 2.62. The smallest absolute Gasteiger partial charge is 0.0918 e. The zero-order valence-electron chi connectivity index (χ0n) is 11.6. The number of hydrogen-bond acceptors (Lipinski definition) is 3. The SMILES string of the molecule is Cc1cccc(CN(CCC(=N)N)CC(C)C)n1. The molecule has 0 bridgehead atoms. The third kappa shape index (κ3) is 5.77. The van der Waals surface area contributed by atoms with Crippen LogP contribution in [0.1, 0.15) is 31.7 Å². The number of nitrogens with one attached hydrogen (secondary N) is 1. The maximum atomic E-state index is 7.32. The van der Waals surface area contributed by atoms with Gasteiger partial charge in [0, 0.05) is 31.7 Å². The molecule has 18 heavy (non-hydrogen) atoms. The Morgan fingerprint density at radius 3 is 2.72 bits per heavy atom. The summed E-state index contributed by atoms with van der Waals surface area (Å²) in [5.41, 5.74) is 7.56. The maximum absolute atomic E-state index is 7.32. The van der Waals surface area contributed by atoms with Crippen molar-refractivity contribution < 1.29 is 0 Å². The number of amidine groups is 1. The summed E-state index contributed by atoms with van der Waals surface area (Å²) in [6.07, 6.45) is 0.624. The van der Waals surface area contributed by atoms with Gasteiger partial charge in [0.2, 0.25) is 0 Å². The Morgan fingerprint density at radius 2 is 2.17 bits per heavy atom. The van der Waals surface area contributed by atoms with Crippen LogP contribution in [0.15, 0.2) is 18.2 Å². The normalized spacial score (nSPS) is 11.2. The highest BCUT2D eigenvalue weighted by Crippen LogP contribution is 2.07. The highest BCUT2D eigenvalue weighted by Gasteiger charge is 2.09. The fourth-order valence-electron chi connectivity index (χ4n) is 1.95. The van der Waals surface area contributed by atoms with Crippen LogP contribution in [0.4, 0.5) is 0 Å². The number of rotatable bonds is 7. The lowest BCUT2D eigenvalue weighted by Gasteiger charge is -2.23. The lowest BCUT2D eigenvalue weighted by molar-refractivity contribution is 0.239. The molecule has 4 heteroatoms. The molecule has 1 heterocycles. The Kier molecular flexibility index (Phi) is 5.78. The summed E-state index contributed by atoms with van der Waals surface area (Å²) in [4.78, 5) is 6.83. The van der Waals surface area contributed by atoms with E-state index in [1.165, 1.54) is 0 Å². The molecule has 0 radical (unpaired) electrons. The fraction of sp³-hybridized carbons (Fsp3) is 0.571. The van der Waals surface area contributed by atoms with E-state index in [1.54, 1.807) is 0 Å². The predicted octanol–water partition coefficient (Wildman–Crippen LogP) is 2.17. The molecule has 0 aromatic carbocycles. The summed E-state index contributed by atoms with van der Waals surface area (Å²) >= 11 is 0. The fourth-order valence-corrected chi connectivity index (χ4v) is 1.95. The van der Waals surface area contributed by atoms with Crippen molar-refractivity contribution in [3.8, 4) is 0 Å². The molecule has 0 saturated heterocycles. The molecule has 0 unspecified atom stereocenters. The molecule has 1 aromatic heterocycles. The molecule has 0 fully saturated rings. The molecule has 0 saturated carbocycles. The molecule has 4 nitrogen and oxygen atoms in total. The highest BCUT2D eigenvalue weighted by molar-refractivity contribution is 5.76. The van der Waals surface area contributed by atoms with Gasteiger partial charge in [0.1, 0.15) is 0 Å². The second-order valence-electron chi connectivity index (χ2n) is 5.17. The average molecular weight is 248 g/mol. The summed E-state index contributed by atoms with van der Waals surface area (Å²) in [7, 11) is 0.